The van der Waals surface area contributed by atoms with E-state index in [-0.39, 0.29) is 17.9 Å². The topological polar surface area (TPSA) is 93.3 Å². The smallest absolute Gasteiger partial charge is 0.259 e. The van der Waals surface area contributed by atoms with Crippen LogP contribution >= 0.6 is 11.3 Å². The maximum atomic E-state index is 12.5. The van der Waals surface area contributed by atoms with Gasteiger partial charge in [-0.05, 0) is 55.5 Å². The number of amides is 1. The second kappa shape index (κ2) is 9.30. The van der Waals surface area contributed by atoms with E-state index in [0.29, 0.717) is 25.4 Å². The molecule has 0 spiro atoms. The molecule has 2 N–H and O–H groups in total. The van der Waals surface area contributed by atoms with Crippen LogP contribution in [0.25, 0.3) is 10.2 Å². The summed E-state index contributed by atoms with van der Waals surface area (Å²) in [5.74, 6) is 1.96. The Morgan fingerprint density at radius 1 is 1.20 bits per heavy atom. The first-order valence-corrected chi connectivity index (χ1v) is 11.0. The normalized spacial score (nSPS) is 13.1. The van der Waals surface area contributed by atoms with Crippen molar-refractivity contribution in [3.63, 3.8) is 0 Å². The largest absolute Gasteiger partial charge is 0.497 e. The van der Waals surface area contributed by atoms with E-state index >= 15 is 0 Å². The molecule has 0 aliphatic heterocycles. The maximum absolute atomic E-state index is 12.5. The summed E-state index contributed by atoms with van der Waals surface area (Å²) in [4.78, 5) is 34.2. The number of nitrogens with one attached hydrogen (secondary N) is 2. The van der Waals surface area contributed by atoms with Crippen LogP contribution in [0.1, 0.15) is 35.5 Å². The van der Waals surface area contributed by atoms with E-state index in [2.05, 4.69) is 15.3 Å². The molecule has 2 heterocycles. The van der Waals surface area contributed by atoms with E-state index in [4.69, 9.17) is 9.47 Å². The number of rotatable bonds is 8. The number of benzene rings is 1. The average molecular weight is 428 g/mol. The number of aromatic nitrogens is 2. The molecule has 8 heteroatoms. The highest BCUT2D eigenvalue weighted by atomic mass is 32.1. The summed E-state index contributed by atoms with van der Waals surface area (Å²) in [6.45, 7) is 0.783. The highest BCUT2D eigenvalue weighted by Gasteiger charge is 2.19. The minimum absolute atomic E-state index is 0.0808. The molecule has 0 saturated heterocycles. The highest BCUT2D eigenvalue weighted by molar-refractivity contribution is 7.18. The van der Waals surface area contributed by atoms with Gasteiger partial charge in [-0.15, -0.1) is 11.3 Å². The van der Waals surface area contributed by atoms with Crippen molar-refractivity contribution in [3.8, 4) is 11.5 Å². The van der Waals surface area contributed by atoms with Crippen molar-refractivity contribution >= 4 is 27.5 Å². The van der Waals surface area contributed by atoms with Gasteiger partial charge in [0.15, 0.2) is 0 Å². The Bertz CT molecular complexity index is 1090. The predicted octanol–water partition coefficient (Wildman–Crippen LogP) is 3.00. The van der Waals surface area contributed by atoms with Crippen molar-refractivity contribution in [1.82, 2.24) is 15.3 Å². The zero-order valence-corrected chi connectivity index (χ0v) is 17.8. The summed E-state index contributed by atoms with van der Waals surface area (Å²) >= 11 is 1.62. The van der Waals surface area contributed by atoms with Crippen molar-refractivity contribution in [2.24, 2.45) is 0 Å². The predicted molar refractivity (Wildman–Crippen MR) is 117 cm³/mol. The molecule has 0 radical (unpaired) electrons. The van der Waals surface area contributed by atoms with Crippen molar-refractivity contribution in [2.75, 3.05) is 20.3 Å². The van der Waals surface area contributed by atoms with Gasteiger partial charge in [0.1, 0.15) is 28.8 Å². The molecule has 0 bridgehead atoms. The lowest BCUT2D eigenvalue weighted by atomic mass is 9.97. The standard InChI is InChI=1S/C22H25N3O4S/c1-28-14-6-8-15(9-7-14)29-13-12-23-19(26)11-10-18-24-21(27)20-16-4-2-3-5-17(16)30-22(20)25-18/h6-9H,2-5,10-13H2,1H3,(H,23,26)(H,24,25,27). The summed E-state index contributed by atoms with van der Waals surface area (Å²) in [5.41, 5.74) is 1.10. The number of hydrogen-bond donors (Lipinski definition) is 2. The Morgan fingerprint density at radius 2 is 1.97 bits per heavy atom. The third-order valence-corrected chi connectivity index (χ3v) is 6.40. The summed E-state index contributed by atoms with van der Waals surface area (Å²) in [7, 11) is 1.61. The van der Waals surface area contributed by atoms with Crippen LogP contribution in [-0.4, -0.2) is 36.1 Å². The second-order valence-electron chi connectivity index (χ2n) is 7.28. The molecular weight excluding hydrogens is 402 g/mol. The number of fused-ring (bicyclic) bond motifs is 3. The van der Waals surface area contributed by atoms with Gasteiger partial charge in [-0.1, -0.05) is 0 Å². The summed E-state index contributed by atoms with van der Waals surface area (Å²) in [6, 6.07) is 7.29. The third kappa shape index (κ3) is 4.64. The number of H-pyrrole nitrogens is 1. The van der Waals surface area contributed by atoms with Crippen LogP contribution in [0.5, 0.6) is 11.5 Å². The molecule has 1 aromatic carbocycles. The molecule has 4 rings (SSSR count). The number of nitrogens with zero attached hydrogens (tertiary/aromatic N) is 1. The molecule has 3 aromatic rings. The zero-order chi connectivity index (χ0) is 20.9. The molecule has 1 aliphatic carbocycles. The first kappa shape index (κ1) is 20.4. The van der Waals surface area contributed by atoms with Crippen LogP contribution in [0.2, 0.25) is 0 Å². The minimum atomic E-state index is -0.0958. The number of carbonyl (C=O) groups excluding carboxylic acids is 1. The Balaban J connectivity index is 1.26. The summed E-state index contributed by atoms with van der Waals surface area (Å²) in [5, 5.41) is 3.58. The van der Waals surface area contributed by atoms with Gasteiger partial charge in [0.25, 0.3) is 5.56 Å². The van der Waals surface area contributed by atoms with Crippen molar-refractivity contribution in [1.29, 1.82) is 0 Å². The lowest BCUT2D eigenvalue weighted by Gasteiger charge is -2.09. The fraction of sp³-hybridized carbons (Fsp3) is 0.409. The number of carbonyl (C=O) groups is 1. The molecular formula is C22H25N3O4S. The maximum Gasteiger partial charge on any atom is 0.259 e. The van der Waals surface area contributed by atoms with E-state index in [1.165, 1.54) is 16.9 Å². The van der Waals surface area contributed by atoms with Crippen molar-refractivity contribution in [3.05, 3.63) is 50.9 Å². The van der Waals surface area contributed by atoms with Crippen LogP contribution in [0.3, 0.4) is 0 Å². The first-order chi connectivity index (χ1) is 14.6. The van der Waals surface area contributed by atoms with Gasteiger partial charge in [-0.2, -0.15) is 0 Å². The van der Waals surface area contributed by atoms with Crippen molar-refractivity contribution in [2.45, 2.75) is 38.5 Å². The van der Waals surface area contributed by atoms with E-state index in [9.17, 15) is 9.59 Å². The molecule has 2 aromatic heterocycles. The van der Waals surface area contributed by atoms with Gasteiger partial charge < -0.3 is 19.8 Å². The summed E-state index contributed by atoms with van der Waals surface area (Å²) < 4.78 is 10.7. The Labute approximate surface area is 178 Å². The summed E-state index contributed by atoms with van der Waals surface area (Å²) in [6.07, 6.45) is 4.96. The van der Waals surface area contributed by atoms with Gasteiger partial charge in [0, 0.05) is 17.7 Å². The molecule has 0 saturated carbocycles. The van der Waals surface area contributed by atoms with Crippen LogP contribution in [0.4, 0.5) is 0 Å². The lowest BCUT2D eigenvalue weighted by molar-refractivity contribution is -0.121. The number of aromatic amines is 1. The minimum Gasteiger partial charge on any atom is -0.497 e. The average Bonchev–Trinajstić information content (AvgIpc) is 3.14. The van der Waals surface area contributed by atoms with Gasteiger partial charge in [-0.25, -0.2) is 4.98 Å². The zero-order valence-electron chi connectivity index (χ0n) is 17.0. The fourth-order valence-electron chi connectivity index (χ4n) is 3.68. The van der Waals surface area contributed by atoms with Crippen LogP contribution in [0.15, 0.2) is 29.1 Å². The molecule has 7 nitrogen and oxygen atoms in total. The first-order valence-electron chi connectivity index (χ1n) is 10.2. The Hall–Kier alpha value is -2.87. The second-order valence-corrected chi connectivity index (χ2v) is 8.36. The fourth-order valence-corrected chi connectivity index (χ4v) is 4.96. The van der Waals surface area contributed by atoms with Gasteiger partial charge in [-0.3, -0.25) is 9.59 Å². The molecule has 30 heavy (non-hydrogen) atoms. The van der Waals surface area contributed by atoms with Crippen LogP contribution in [-0.2, 0) is 24.1 Å². The molecule has 1 aliphatic rings. The molecule has 0 fully saturated rings. The molecule has 0 unspecified atom stereocenters. The van der Waals surface area contributed by atoms with E-state index in [0.717, 1.165) is 41.0 Å². The Morgan fingerprint density at radius 3 is 2.77 bits per heavy atom. The van der Waals surface area contributed by atoms with Gasteiger partial charge in [0.2, 0.25) is 5.91 Å². The van der Waals surface area contributed by atoms with E-state index < -0.39 is 0 Å². The number of ether oxygens (including phenoxy) is 2. The number of hydrogen-bond acceptors (Lipinski definition) is 6. The number of methoxy groups -OCH3 is 1. The van der Waals surface area contributed by atoms with E-state index in [1.807, 2.05) is 24.3 Å². The molecule has 158 valence electrons. The SMILES string of the molecule is COc1ccc(OCCNC(=O)CCc2nc3sc4c(c3c(=O)[nH]2)CCCC4)cc1. The van der Waals surface area contributed by atoms with Gasteiger partial charge >= 0.3 is 0 Å². The number of thiophene rings is 1. The van der Waals surface area contributed by atoms with Gasteiger partial charge in [0.05, 0.1) is 19.0 Å². The monoisotopic (exact) mass is 427 g/mol. The molecule has 1 amide bonds. The number of aryl methyl sites for hydroxylation is 3. The van der Waals surface area contributed by atoms with E-state index in [1.54, 1.807) is 18.4 Å². The quantitative estimate of drug-likeness (QED) is 0.539. The van der Waals surface area contributed by atoms with Crippen LogP contribution in [0, 0.1) is 0 Å². The van der Waals surface area contributed by atoms with Crippen molar-refractivity contribution < 1.29 is 14.3 Å². The molecule has 0 atom stereocenters. The third-order valence-electron chi connectivity index (χ3n) is 5.22. The lowest BCUT2D eigenvalue weighted by Crippen LogP contribution is -2.28. The highest BCUT2D eigenvalue weighted by Crippen LogP contribution is 2.33. The Kier molecular flexibility index (Phi) is 6.32. The van der Waals surface area contributed by atoms with Crippen LogP contribution < -0.4 is 20.3 Å².